The van der Waals surface area contributed by atoms with Crippen LogP contribution in [0.15, 0.2) is 67.3 Å². The molecule has 5 nitrogen and oxygen atoms in total. The van der Waals surface area contributed by atoms with Crippen LogP contribution in [0.4, 0.5) is 5.69 Å². The molecule has 0 radical (unpaired) electrons. The highest BCUT2D eigenvalue weighted by Gasteiger charge is 2.23. The van der Waals surface area contributed by atoms with Gasteiger partial charge in [0, 0.05) is 10.7 Å². The van der Waals surface area contributed by atoms with Crippen molar-refractivity contribution in [3.63, 3.8) is 0 Å². The molecule has 6 heteroatoms. The van der Waals surface area contributed by atoms with E-state index in [0.717, 1.165) is 11.3 Å². The number of halogens is 1. The van der Waals surface area contributed by atoms with Gasteiger partial charge in [-0.3, -0.25) is 4.79 Å². The average Bonchev–Trinajstić information content (AvgIpc) is 3.04. The van der Waals surface area contributed by atoms with Crippen molar-refractivity contribution in [3.8, 4) is 0 Å². The first-order valence-electron chi connectivity index (χ1n) is 6.69. The fourth-order valence-corrected chi connectivity index (χ4v) is 2.28. The Morgan fingerprint density at radius 1 is 1.09 bits per heavy atom. The van der Waals surface area contributed by atoms with E-state index in [1.165, 1.54) is 17.3 Å². The minimum absolute atomic E-state index is 0.195. The van der Waals surface area contributed by atoms with Crippen LogP contribution in [0.25, 0.3) is 0 Å². The van der Waals surface area contributed by atoms with E-state index in [2.05, 4.69) is 15.4 Å². The Balaban J connectivity index is 1.92. The van der Waals surface area contributed by atoms with Gasteiger partial charge in [-0.05, 0) is 29.8 Å². The lowest BCUT2D eigenvalue weighted by molar-refractivity contribution is -0.118. The monoisotopic (exact) mass is 312 g/mol. The van der Waals surface area contributed by atoms with Crippen molar-refractivity contribution in [1.29, 1.82) is 0 Å². The van der Waals surface area contributed by atoms with Crippen molar-refractivity contribution >= 4 is 23.2 Å². The second-order valence-electron chi connectivity index (χ2n) is 4.68. The molecule has 0 unspecified atom stereocenters. The highest BCUT2D eigenvalue weighted by Crippen LogP contribution is 2.21. The number of aromatic nitrogens is 3. The van der Waals surface area contributed by atoms with Gasteiger partial charge in [0.2, 0.25) is 0 Å². The number of nitrogens with zero attached hydrogens (tertiary/aromatic N) is 3. The Bertz CT molecular complexity index is 742. The largest absolute Gasteiger partial charge is 0.324 e. The van der Waals surface area contributed by atoms with Crippen LogP contribution >= 0.6 is 11.6 Å². The second kappa shape index (κ2) is 6.41. The van der Waals surface area contributed by atoms with E-state index in [1.807, 2.05) is 30.3 Å². The summed E-state index contributed by atoms with van der Waals surface area (Å²) in [5, 5.41) is 7.59. The van der Waals surface area contributed by atoms with Gasteiger partial charge in [-0.15, -0.1) is 0 Å². The van der Waals surface area contributed by atoms with Crippen molar-refractivity contribution in [2.24, 2.45) is 0 Å². The molecule has 3 rings (SSSR count). The molecule has 1 atom stereocenters. The average molecular weight is 313 g/mol. The van der Waals surface area contributed by atoms with Gasteiger partial charge in [-0.1, -0.05) is 41.9 Å². The molecule has 22 heavy (non-hydrogen) atoms. The molecule has 0 aliphatic carbocycles. The van der Waals surface area contributed by atoms with Gasteiger partial charge in [0.15, 0.2) is 6.04 Å². The standard InChI is InChI=1S/C16H13ClN4O/c17-13-8-6-12(7-9-13)15(21-11-18-10-19-21)16(22)20-14-4-2-1-3-5-14/h1-11,15H,(H,20,22)/t15-/m1/s1. The van der Waals surface area contributed by atoms with E-state index in [0.29, 0.717) is 5.02 Å². The predicted molar refractivity (Wildman–Crippen MR) is 84.7 cm³/mol. The van der Waals surface area contributed by atoms with Gasteiger partial charge >= 0.3 is 0 Å². The van der Waals surface area contributed by atoms with Crippen molar-refractivity contribution in [2.45, 2.75) is 6.04 Å². The molecule has 110 valence electrons. The van der Waals surface area contributed by atoms with E-state index >= 15 is 0 Å². The van der Waals surface area contributed by atoms with Crippen molar-refractivity contribution in [1.82, 2.24) is 14.8 Å². The molecule has 0 saturated carbocycles. The van der Waals surface area contributed by atoms with Crippen molar-refractivity contribution in [3.05, 3.63) is 77.8 Å². The van der Waals surface area contributed by atoms with Crippen LogP contribution in [0, 0.1) is 0 Å². The minimum Gasteiger partial charge on any atom is -0.324 e. The number of benzene rings is 2. The third-order valence-electron chi connectivity index (χ3n) is 3.18. The molecule has 0 saturated heterocycles. The summed E-state index contributed by atoms with van der Waals surface area (Å²) in [5.74, 6) is -0.195. The van der Waals surface area contributed by atoms with Gasteiger partial charge < -0.3 is 5.32 Å². The SMILES string of the molecule is O=C(Nc1ccccc1)[C@@H](c1ccc(Cl)cc1)n1cncn1. The smallest absolute Gasteiger partial charge is 0.253 e. The van der Waals surface area contributed by atoms with E-state index in [-0.39, 0.29) is 5.91 Å². The highest BCUT2D eigenvalue weighted by atomic mass is 35.5. The Morgan fingerprint density at radius 2 is 1.82 bits per heavy atom. The van der Waals surface area contributed by atoms with Crippen molar-refractivity contribution in [2.75, 3.05) is 5.32 Å². The maximum absolute atomic E-state index is 12.7. The molecule has 0 fully saturated rings. The number of carbonyl (C=O) groups excluding carboxylic acids is 1. The molecule has 0 bridgehead atoms. The Kier molecular flexibility index (Phi) is 4.16. The molecular formula is C16H13ClN4O. The Labute approximate surface area is 132 Å². The Hall–Kier alpha value is -2.66. The van der Waals surface area contributed by atoms with Gasteiger partial charge in [-0.2, -0.15) is 5.10 Å². The third kappa shape index (κ3) is 3.15. The van der Waals surface area contributed by atoms with Gasteiger partial charge in [0.1, 0.15) is 12.7 Å². The second-order valence-corrected chi connectivity index (χ2v) is 5.12. The first kappa shape index (κ1) is 14.3. The van der Waals surface area contributed by atoms with Gasteiger partial charge in [-0.25, -0.2) is 9.67 Å². The molecule has 0 spiro atoms. The van der Waals surface area contributed by atoms with Gasteiger partial charge in [0.25, 0.3) is 5.91 Å². The summed E-state index contributed by atoms with van der Waals surface area (Å²) in [4.78, 5) is 16.6. The first-order valence-corrected chi connectivity index (χ1v) is 7.07. The molecular weight excluding hydrogens is 300 g/mol. The van der Waals surface area contributed by atoms with E-state index in [9.17, 15) is 4.79 Å². The fourth-order valence-electron chi connectivity index (χ4n) is 2.15. The predicted octanol–water partition coefficient (Wildman–Crippen LogP) is 3.16. The third-order valence-corrected chi connectivity index (χ3v) is 3.43. The summed E-state index contributed by atoms with van der Waals surface area (Å²) in [6.07, 6.45) is 2.92. The normalized spacial score (nSPS) is 11.9. The van der Waals surface area contributed by atoms with Crippen LogP contribution < -0.4 is 5.32 Å². The zero-order chi connectivity index (χ0) is 15.4. The summed E-state index contributed by atoms with van der Waals surface area (Å²) >= 11 is 5.92. The number of hydrogen-bond acceptors (Lipinski definition) is 3. The quantitative estimate of drug-likeness (QED) is 0.805. The topological polar surface area (TPSA) is 59.8 Å². The summed E-state index contributed by atoms with van der Waals surface area (Å²) in [7, 11) is 0. The number of amides is 1. The van der Waals surface area contributed by atoms with Crippen LogP contribution in [0.5, 0.6) is 0 Å². The maximum atomic E-state index is 12.7. The summed E-state index contributed by atoms with van der Waals surface area (Å²) in [5.41, 5.74) is 1.51. The van der Waals surface area contributed by atoms with Crippen LogP contribution in [0.3, 0.4) is 0 Å². The van der Waals surface area contributed by atoms with Crippen LogP contribution in [-0.2, 0) is 4.79 Å². The molecule has 1 heterocycles. The maximum Gasteiger partial charge on any atom is 0.253 e. The zero-order valence-corrected chi connectivity index (χ0v) is 12.3. The van der Waals surface area contributed by atoms with Crippen LogP contribution in [-0.4, -0.2) is 20.7 Å². The highest BCUT2D eigenvalue weighted by molar-refractivity contribution is 6.30. The summed E-state index contributed by atoms with van der Waals surface area (Å²) in [6.45, 7) is 0. The zero-order valence-electron chi connectivity index (χ0n) is 11.6. The lowest BCUT2D eigenvalue weighted by Gasteiger charge is -2.17. The number of hydrogen-bond donors (Lipinski definition) is 1. The van der Waals surface area contributed by atoms with E-state index < -0.39 is 6.04 Å². The molecule has 2 aromatic carbocycles. The minimum atomic E-state index is -0.611. The number of carbonyl (C=O) groups is 1. The molecule has 1 N–H and O–H groups in total. The van der Waals surface area contributed by atoms with Crippen LogP contribution in [0.1, 0.15) is 11.6 Å². The van der Waals surface area contributed by atoms with Crippen molar-refractivity contribution < 1.29 is 4.79 Å². The van der Waals surface area contributed by atoms with E-state index in [1.54, 1.807) is 24.3 Å². The lowest BCUT2D eigenvalue weighted by atomic mass is 10.1. The van der Waals surface area contributed by atoms with Crippen LogP contribution in [0.2, 0.25) is 5.02 Å². The number of para-hydroxylation sites is 1. The van der Waals surface area contributed by atoms with Gasteiger partial charge in [0.05, 0.1) is 0 Å². The molecule has 0 aliphatic heterocycles. The van der Waals surface area contributed by atoms with E-state index in [4.69, 9.17) is 11.6 Å². The molecule has 1 aromatic heterocycles. The molecule has 0 aliphatic rings. The Morgan fingerprint density at radius 3 is 2.45 bits per heavy atom. The number of rotatable bonds is 4. The molecule has 3 aromatic rings. The fraction of sp³-hybridized carbons (Fsp3) is 0.0625. The number of nitrogens with one attached hydrogen (secondary N) is 1. The first-order chi connectivity index (χ1) is 10.7. The molecule has 1 amide bonds. The summed E-state index contributed by atoms with van der Waals surface area (Å²) < 4.78 is 1.52. The lowest BCUT2D eigenvalue weighted by Crippen LogP contribution is -2.27. The number of anilines is 1. The summed E-state index contributed by atoms with van der Waals surface area (Å²) in [6, 6.07) is 15.8.